The third-order valence-electron chi connectivity index (χ3n) is 11.4. The highest BCUT2D eigenvalue weighted by atomic mass is 16.6. The Morgan fingerprint density at radius 2 is 0.875 bits per heavy atom. The van der Waals surface area contributed by atoms with Crippen LogP contribution >= 0.6 is 0 Å². The Morgan fingerprint density at radius 1 is 0.469 bits per heavy atom. The number of quaternary nitrogens is 1. The number of ether oxygens (including phenoxy) is 3. The van der Waals surface area contributed by atoms with Gasteiger partial charge in [-0.1, -0.05) is 209 Å². The molecule has 64 heavy (non-hydrogen) atoms. The van der Waals surface area contributed by atoms with E-state index in [1.165, 1.54) is 116 Å². The fourth-order valence-electron chi connectivity index (χ4n) is 7.41. The molecule has 0 bridgehead atoms. The molecule has 0 aliphatic heterocycles. The van der Waals surface area contributed by atoms with Crippen molar-refractivity contribution < 1.29 is 38.2 Å². The van der Waals surface area contributed by atoms with Crippen molar-refractivity contribution in [3.63, 3.8) is 0 Å². The van der Waals surface area contributed by atoms with Crippen LogP contribution in [-0.2, 0) is 28.6 Å². The third-order valence-corrected chi connectivity index (χ3v) is 11.4. The van der Waals surface area contributed by atoms with Crippen LogP contribution in [0.2, 0.25) is 0 Å². The number of carbonyl (C=O) groups is 3. The second kappa shape index (κ2) is 46.3. The van der Waals surface area contributed by atoms with Gasteiger partial charge in [0, 0.05) is 19.3 Å². The minimum Gasteiger partial charge on any atom is -0.477 e. The molecule has 0 aliphatic rings. The van der Waals surface area contributed by atoms with Gasteiger partial charge in [0.25, 0.3) is 0 Å². The van der Waals surface area contributed by atoms with Crippen molar-refractivity contribution in [2.45, 2.75) is 225 Å². The van der Waals surface area contributed by atoms with Crippen LogP contribution in [0.5, 0.6) is 0 Å². The molecule has 0 spiro atoms. The predicted molar refractivity (Wildman–Crippen MR) is 270 cm³/mol. The number of hydrogen-bond donors (Lipinski definition) is 1. The molecule has 0 aliphatic carbocycles. The summed E-state index contributed by atoms with van der Waals surface area (Å²) in [5.74, 6) is -1.51. The minimum absolute atomic E-state index is 0.0461. The first kappa shape index (κ1) is 60.8. The zero-order chi connectivity index (χ0) is 47.0. The SMILES string of the molecule is CCC/C=C/C=C/C=C/C=C/C=C/CCCCCCCC(=O)OC(COCCC(C(=O)O)[N+](C)(C)C)COC(=O)CCCCCCCCC/C=C/CCCCCCCCCCCCC. The van der Waals surface area contributed by atoms with E-state index in [2.05, 4.69) is 50.3 Å². The van der Waals surface area contributed by atoms with E-state index in [0.717, 1.165) is 64.2 Å². The van der Waals surface area contributed by atoms with E-state index < -0.39 is 18.1 Å². The van der Waals surface area contributed by atoms with Crippen molar-refractivity contribution in [1.29, 1.82) is 0 Å². The summed E-state index contributed by atoms with van der Waals surface area (Å²) in [6.45, 7) is 4.63. The fourth-order valence-corrected chi connectivity index (χ4v) is 7.41. The first-order valence-corrected chi connectivity index (χ1v) is 26.0. The molecular weight excluding hydrogens is 799 g/mol. The lowest BCUT2D eigenvalue weighted by atomic mass is 10.0. The summed E-state index contributed by atoms with van der Waals surface area (Å²) in [7, 11) is 5.52. The molecule has 8 heteroatoms. The highest BCUT2D eigenvalue weighted by Gasteiger charge is 2.31. The summed E-state index contributed by atoms with van der Waals surface area (Å²) in [4.78, 5) is 37.2. The number of carboxylic acids is 1. The van der Waals surface area contributed by atoms with Gasteiger partial charge in [0.05, 0.1) is 34.4 Å². The summed E-state index contributed by atoms with van der Waals surface area (Å²) in [6, 6.07) is -0.624. The number of allylic oxidation sites excluding steroid dienone is 12. The molecule has 1 N–H and O–H groups in total. The number of carbonyl (C=O) groups excluding carboxylic acids is 2. The van der Waals surface area contributed by atoms with Crippen LogP contribution in [0.4, 0.5) is 0 Å². The molecule has 0 heterocycles. The third kappa shape index (κ3) is 44.0. The zero-order valence-electron chi connectivity index (χ0n) is 42.0. The highest BCUT2D eigenvalue weighted by Crippen LogP contribution is 2.15. The van der Waals surface area contributed by atoms with Crippen LogP contribution in [0.15, 0.2) is 72.9 Å². The largest absolute Gasteiger partial charge is 0.477 e. The maximum Gasteiger partial charge on any atom is 0.362 e. The van der Waals surface area contributed by atoms with Crippen LogP contribution < -0.4 is 0 Å². The van der Waals surface area contributed by atoms with Gasteiger partial charge in [0.1, 0.15) is 6.61 Å². The predicted octanol–water partition coefficient (Wildman–Crippen LogP) is 15.1. The van der Waals surface area contributed by atoms with E-state index in [9.17, 15) is 19.5 Å². The molecular formula is C56H98NO7+. The van der Waals surface area contributed by atoms with Gasteiger partial charge in [-0.2, -0.15) is 0 Å². The van der Waals surface area contributed by atoms with E-state index in [-0.39, 0.29) is 36.2 Å². The molecule has 0 amide bonds. The van der Waals surface area contributed by atoms with Crippen molar-refractivity contribution >= 4 is 17.9 Å². The quantitative estimate of drug-likeness (QED) is 0.0214. The Labute approximate surface area is 393 Å². The molecule has 0 radical (unpaired) electrons. The lowest BCUT2D eigenvalue weighted by molar-refractivity contribution is -0.887. The van der Waals surface area contributed by atoms with E-state index in [0.29, 0.717) is 19.3 Å². The Bertz CT molecular complexity index is 1270. The molecule has 8 nitrogen and oxygen atoms in total. The topological polar surface area (TPSA) is 99.1 Å². The van der Waals surface area contributed by atoms with Crippen molar-refractivity contribution in [3.05, 3.63) is 72.9 Å². The van der Waals surface area contributed by atoms with Crippen LogP contribution in [0.3, 0.4) is 0 Å². The Hall–Kier alpha value is -3.23. The maximum absolute atomic E-state index is 12.8. The molecule has 0 rings (SSSR count). The summed E-state index contributed by atoms with van der Waals surface area (Å²) in [5, 5.41) is 9.65. The number of carboxylic acid groups (broad SMARTS) is 1. The van der Waals surface area contributed by atoms with Crippen molar-refractivity contribution in [1.82, 2.24) is 0 Å². The number of esters is 2. The van der Waals surface area contributed by atoms with Gasteiger partial charge in [0.2, 0.25) is 0 Å². The van der Waals surface area contributed by atoms with Gasteiger partial charge in [0.15, 0.2) is 12.1 Å². The fraction of sp³-hybridized carbons (Fsp3) is 0.732. The lowest BCUT2D eigenvalue weighted by Crippen LogP contribution is -2.50. The number of rotatable bonds is 46. The summed E-state index contributed by atoms with van der Waals surface area (Å²) in [5.41, 5.74) is 0. The standard InChI is InChI=1S/C56H97NO7/c1-6-8-10-12-14-16-18-20-22-24-26-27-28-29-31-32-34-36-38-40-42-44-46-54(58)63-51-52(50-62-49-48-53(56(60)61)57(3,4)5)64-55(59)47-45-43-41-39-37-35-33-30-25-23-21-19-17-15-13-11-9-7-2/h11,13,15,17,19,21,23,25,28-30,33,52-53H,6-10,12,14,16,18,20,22,24,26-27,31-32,34-51H2,1-5H3/p+1/b13-11+,17-15+,21-19+,25-23+,29-28+,33-30+. The van der Waals surface area contributed by atoms with Gasteiger partial charge < -0.3 is 23.8 Å². The lowest BCUT2D eigenvalue weighted by Gasteiger charge is -2.31. The van der Waals surface area contributed by atoms with Gasteiger partial charge in [-0.15, -0.1) is 0 Å². The summed E-state index contributed by atoms with van der Waals surface area (Å²) in [6.07, 6.45) is 59.5. The molecule has 0 aromatic heterocycles. The Balaban J connectivity index is 4.29. The number of unbranched alkanes of at least 4 members (excludes halogenated alkanes) is 24. The van der Waals surface area contributed by atoms with E-state index in [4.69, 9.17) is 14.2 Å². The first-order chi connectivity index (χ1) is 31.1. The van der Waals surface area contributed by atoms with Gasteiger partial charge in [-0.3, -0.25) is 9.59 Å². The highest BCUT2D eigenvalue weighted by molar-refractivity contribution is 5.72. The number of aliphatic carboxylic acids is 1. The average molecular weight is 897 g/mol. The Kier molecular flexibility index (Phi) is 44.0. The molecule has 0 saturated heterocycles. The smallest absolute Gasteiger partial charge is 0.362 e. The Morgan fingerprint density at radius 3 is 1.33 bits per heavy atom. The number of likely N-dealkylation sites (N-methyl/N-ethyl adjacent to an activating group) is 1. The zero-order valence-corrected chi connectivity index (χ0v) is 42.0. The maximum atomic E-state index is 12.8. The van der Waals surface area contributed by atoms with Crippen LogP contribution in [-0.4, -0.2) is 80.6 Å². The molecule has 2 unspecified atom stereocenters. The van der Waals surface area contributed by atoms with Crippen molar-refractivity contribution in [3.8, 4) is 0 Å². The summed E-state index contributed by atoms with van der Waals surface area (Å²) >= 11 is 0. The van der Waals surface area contributed by atoms with Crippen molar-refractivity contribution in [2.75, 3.05) is 41.0 Å². The molecule has 0 aromatic rings. The minimum atomic E-state index is -0.882. The average Bonchev–Trinajstić information content (AvgIpc) is 3.26. The van der Waals surface area contributed by atoms with Gasteiger partial charge >= 0.3 is 17.9 Å². The first-order valence-electron chi connectivity index (χ1n) is 26.0. The number of nitrogens with zero attached hydrogens (tertiary/aromatic N) is 1. The molecule has 2 atom stereocenters. The number of hydrogen-bond acceptors (Lipinski definition) is 6. The molecule has 0 saturated carbocycles. The van der Waals surface area contributed by atoms with E-state index in [1.54, 1.807) is 0 Å². The van der Waals surface area contributed by atoms with E-state index >= 15 is 0 Å². The van der Waals surface area contributed by atoms with E-state index in [1.807, 2.05) is 57.6 Å². The van der Waals surface area contributed by atoms with Gasteiger partial charge in [-0.25, -0.2) is 4.79 Å². The van der Waals surface area contributed by atoms with Crippen LogP contribution in [0.1, 0.15) is 213 Å². The van der Waals surface area contributed by atoms with Crippen LogP contribution in [0, 0.1) is 0 Å². The van der Waals surface area contributed by atoms with Crippen molar-refractivity contribution in [2.24, 2.45) is 0 Å². The van der Waals surface area contributed by atoms with Gasteiger partial charge in [-0.05, 0) is 57.8 Å². The van der Waals surface area contributed by atoms with Crippen LogP contribution in [0.25, 0.3) is 0 Å². The monoisotopic (exact) mass is 897 g/mol. The second-order valence-corrected chi connectivity index (χ2v) is 18.5. The summed E-state index contributed by atoms with van der Waals surface area (Å²) < 4.78 is 17.3. The normalized spacial score (nSPS) is 13.5. The molecule has 368 valence electrons. The molecule has 0 fully saturated rings. The second-order valence-electron chi connectivity index (χ2n) is 18.5. The molecule has 0 aromatic carbocycles.